The molecule has 2 aliphatic rings. The van der Waals surface area contributed by atoms with E-state index in [1.165, 1.54) is 0 Å². The zero-order chi connectivity index (χ0) is 14.4. The summed E-state index contributed by atoms with van der Waals surface area (Å²) in [6.45, 7) is 0.501. The zero-order valence-electron chi connectivity index (χ0n) is 8.61. The minimum atomic E-state index is -5.87. The minimum absolute atomic E-state index is 0.501. The van der Waals surface area contributed by atoms with Gasteiger partial charge in [0, 0.05) is 0 Å². The van der Waals surface area contributed by atoms with E-state index in [1.807, 2.05) is 0 Å². The van der Waals surface area contributed by atoms with Gasteiger partial charge in [-0.2, -0.15) is 17.6 Å². The Kier molecular flexibility index (Phi) is 2.12. The van der Waals surface area contributed by atoms with E-state index in [9.17, 15) is 39.5 Å². The van der Waals surface area contributed by atoms with E-state index < -0.39 is 46.9 Å². The summed E-state index contributed by atoms with van der Waals surface area (Å²) in [5, 5.41) is 0. The zero-order valence-corrected chi connectivity index (χ0v) is 8.61. The van der Waals surface area contributed by atoms with Crippen LogP contribution >= 0.6 is 0 Å². The van der Waals surface area contributed by atoms with Gasteiger partial charge in [0.15, 0.2) is 11.7 Å². The van der Waals surface area contributed by atoms with Gasteiger partial charge in [-0.1, -0.05) is 6.92 Å². The fourth-order valence-corrected chi connectivity index (χ4v) is 2.53. The maximum Gasteiger partial charge on any atom is 0.337 e. The highest BCUT2D eigenvalue weighted by Crippen LogP contribution is 2.77. The van der Waals surface area contributed by atoms with Gasteiger partial charge in [0.2, 0.25) is 5.67 Å². The third-order valence-corrected chi connectivity index (χ3v) is 3.63. The second-order valence-corrected chi connectivity index (χ2v) is 4.25. The van der Waals surface area contributed by atoms with Gasteiger partial charge in [-0.25, -0.2) is 22.0 Å². The van der Waals surface area contributed by atoms with Gasteiger partial charge in [-0.3, -0.25) is 0 Å². The van der Waals surface area contributed by atoms with Crippen LogP contribution < -0.4 is 0 Å². The topological polar surface area (TPSA) is 0 Å². The van der Waals surface area contributed by atoms with Crippen LogP contribution in [-0.2, 0) is 0 Å². The monoisotopic (exact) mass is 284 g/mol. The van der Waals surface area contributed by atoms with E-state index in [4.69, 9.17) is 0 Å². The Hall–Kier alpha value is -0.890. The molecule has 0 amide bonds. The Morgan fingerprint density at radius 2 is 1.11 bits per heavy atom. The molecule has 0 aliphatic heterocycles. The molecule has 1 saturated carbocycles. The highest BCUT2D eigenvalue weighted by Gasteiger charge is 3.03. The first-order chi connectivity index (χ1) is 7.88. The lowest BCUT2D eigenvalue weighted by Crippen LogP contribution is -2.59. The molecule has 0 aromatic rings. The molecule has 2 bridgehead atoms. The molecular weight excluding hydrogens is 279 g/mol. The second kappa shape index (κ2) is 2.82. The van der Waals surface area contributed by atoms with Gasteiger partial charge < -0.3 is 0 Å². The largest absolute Gasteiger partial charge is 0.337 e. The molecule has 0 saturated heterocycles. The Bertz CT molecular complexity index is 455. The number of hydrogen-bond donors (Lipinski definition) is 0. The maximum absolute atomic E-state index is 13.8. The summed E-state index contributed by atoms with van der Waals surface area (Å²) < 4.78 is 120. The molecule has 0 aromatic carbocycles. The van der Waals surface area contributed by atoms with Crippen molar-refractivity contribution >= 4 is 0 Å². The van der Waals surface area contributed by atoms with Crippen molar-refractivity contribution in [3.63, 3.8) is 0 Å². The van der Waals surface area contributed by atoms with Crippen LogP contribution in [-0.4, -0.2) is 28.9 Å². The molecule has 104 valence electrons. The first-order valence-corrected chi connectivity index (χ1v) is 4.76. The van der Waals surface area contributed by atoms with Gasteiger partial charge in [0.1, 0.15) is 0 Å². The Balaban J connectivity index is 2.93. The SMILES string of the molecule is CCC1(F)C(F)(F)C2(F)C(F)=C(F)C1(F)C2(F)F. The third kappa shape index (κ3) is 0.755. The Morgan fingerprint density at radius 3 is 1.44 bits per heavy atom. The smallest absolute Gasteiger partial charge is 0.233 e. The van der Waals surface area contributed by atoms with Crippen molar-refractivity contribution in [3.8, 4) is 0 Å². The van der Waals surface area contributed by atoms with Crippen molar-refractivity contribution in [2.45, 2.75) is 42.2 Å². The molecule has 0 heterocycles. The van der Waals surface area contributed by atoms with Crippen LogP contribution in [0.1, 0.15) is 13.3 Å². The van der Waals surface area contributed by atoms with Crippen LogP contribution in [0.5, 0.6) is 0 Å². The highest BCUT2D eigenvalue weighted by molar-refractivity contribution is 5.53. The van der Waals surface area contributed by atoms with Gasteiger partial charge in [-0.05, 0) is 6.42 Å². The quantitative estimate of drug-likeness (QED) is 0.639. The lowest BCUT2D eigenvalue weighted by Gasteiger charge is -2.37. The highest BCUT2D eigenvalue weighted by atomic mass is 19.3. The van der Waals surface area contributed by atoms with Crippen molar-refractivity contribution in [1.29, 1.82) is 0 Å². The van der Waals surface area contributed by atoms with Crippen LogP contribution in [0.15, 0.2) is 11.7 Å². The molecule has 0 N–H and O–H groups in total. The molecule has 1 fully saturated rings. The number of hydrogen-bond acceptors (Lipinski definition) is 0. The van der Waals surface area contributed by atoms with E-state index in [1.54, 1.807) is 0 Å². The van der Waals surface area contributed by atoms with Crippen LogP contribution in [0.2, 0.25) is 0 Å². The summed E-state index contributed by atoms with van der Waals surface area (Å²) in [5.74, 6) is -18.0. The molecule has 0 radical (unpaired) electrons. The number of fused-ring (bicyclic) bond motifs is 2. The molecule has 2 rings (SSSR count). The van der Waals surface area contributed by atoms with Crippen LogP contribution in [0.25, 0.3) is 0 Å². The first-order valence-electron chi connectivity index (χ1n) is 4.76. The molecular formula is C9H5F9. The fraction of sp³-hybridized carbons (Fsp3) is 0.778. The lowest BCUT2D eigenvalue weighted by atomic mass is 9.80. The van der Waals surface area contributed by atoms with E-state index in [0.29, 0.717) is 6.92 Å². The van der Waals surface area contributed by atoms with Crippen LogP contribution in [0.3, 0.4) is 0 Å². The summed E-state index contributed by atoms with van der Waals surface area (Å²) in [6.07, 6.45) is -1.65. The maximum atomic E-state index is 13.8. The van der Waals surface area contributed by atoms with Gasteiger partial charge >= 0.3 is 11.8 Å². The third-order valence-electron chi connectivity index (χ3n) is 3.63. The molecule has 0 aromatic heterocycles. The van der Waals surface area contributed by atoms with Crippen LogP contribution in [0, 0.1) is 0 Å². The van der Waals surface area contributed by atoms with E-state index >= 15 is 0 Å². The van der Waals surface area contributed by atoms with Crippen molar-refractivity contribution in [3.05, 3.63) is 11.7 Å². The van der Waals surface area contributed by atoms with Crippen LogP contribution in [0.4, 0.5) is 39.5 Å². The number of allylic oxidation sites excluding steroid dienone is 2. The first kappa shape index (κ1) is 13.5. The van der Waals surface area contributed by atoms with E-state index in [2.05, 4.69) is 0 Å². The molecule has 0 spiro atoms. The van der Waals surface area contributed by atoms with Gasteiger partial charge in [0.25, 0.3) is 11.3 Å². The lowest BCUT2D eigenvalue weighted by molar-refractivity contribution is -0.217. The van der Waals surface area contributed by atoms with Crippen molar-refractivity contribution in [2.75, 3.05) is 0 Å². The van der Waals surface area contributed by atoms with E-state index in [0.717, 1.165) is 0 Å². The normalized spacial score (nSPS) is 49.0. The summed E-state index contributed by atoms with van der Waals surface area (Å²) >= 11 is 0. The molecule has 18 heavy (non-hydrogen) atoms. The average Bonchev–Trinajstić information content (AvgIpc) is 2.44. The summed E-state index contributed by atoms with van der Waals surface area (Å²) in [7, 11) is 0. The standard InChI is InChI=1S/C9H5F9/c1-2-5(12)6(13)3(10)4(11)7(14,8(5,15)16)9(6,17)18/h2H2,1H3. The average molecular weight is 284 g/mol. The number of alkyl halides is 7. The van der Waals surface area contributed by atoms with Crippen molar-refractivity contribution < 1.29 is 39.5 Å². The second-order valence-electron chi connectivity index (χ2n) is 4.25. The fourth-order valence-electron chi connectivity index (χ4n) is 2.53. The van der Waals surface area contributed by atoms with E-state index in [-0.39, 0.29) is 0 Å². The van der Waals surface area contributed by atoms with Gasteiger partial charge in [0.05, 0.1) is 0 Å². The minimum Gasteiger partial charge on any atom is -0.233 e. The molecule has 9 heteroatoms. The van der Waals surface area contributed by atoms with Crippen molar-refractivity contribution in [1.82, 2.24) is 0 Å². The predicted octanol–water partition coefficient (Wildman–Crippen LogP) is 3.97. The predicted molar refractivity (Wildman–Crippen MR) is 40.9 cm³/mol. The number of rotatable bonds is 1. The van der Waals surface area contributed by atoms with Crippen molar-refractivity contribution in [2.24, 2.45) is 0 Å². The Morgan fingerprint density at radius 1 is 0.722 bits per heavy atom. The molecule has 0 nitrogen and oxygen atoms in total. The summed E-state index contributed by atoms with van der Waals surface area (Å²) in [4.78, 5) is 0. The molecule has 3 atom stereocenters. The molecule has 2 aliphatic carbocycles. The summed E-state index contributed by atoms with van der Waals surface area (Å²) in [6, 6.07) is 0. The number of halogens is 9. The van der Waals surface area contributed by atoms with Gasteiger partial charge in [-0.15, -0.1) is 0 Å². The summed E-state index contributed by atoms with van der Waals surface area (Å²) in [5.41, 5.74) is -15.9. The Labute approximate surface area is 94.4 Å². The molecule has 3 unspecified atom stereocenters.